The first kappa shape index (κ1) is 12.9. The van der Waals surface area contributed by atoms with Gasteiger partial charge in [-0.15, -0.1) is 0 Å². The van der Waals surface area contributed by atoms with Gasteiger partial charge < -0.3 is 10.1 Å². The van der Waals surface area contributed by atoms with E-state index >= 15 is 0 Å². The molecular weight excluding hydrogens is 214 g/mol. The molecule has 1 saturated carbocycles. The molecule has 0 aromatic heterocycles. The van der Waals surface area contributed by atoms with E-state index in [1.54, 1.807) is 0 Å². The summed E-state index contributed by atoms with van der Waals surface area (Å²) in [5.74, 6) is 0.870. The maximum absolute atomic E-state index is 11.8. The average Bonchev–Trinajstić information content (AvgIpc) is 2.82. The van der Waals surface area contributed by atoms with Crippen LogP contribution >= 0.6 is 0 Å². The molecule has 0 bridgehead atoms. The van der Waals surface area contributed by atoms with Crippen molar-refractivity contribution in [1.82, 2.24) is 5.32 Å². The predicted octanol–water partition coefficient (Wildman–Crippen LogP) is 2.64. The highest BCUT2D eigenvalue weighted by atomic mass is 16.5. The van der Waals surface area contributed by atoms with Crippen molar-refractivity contribution in [3.8, 4) is 0 Å². The van der Waals surface area contributed by atoms with Crippen LogP contribution < -0.4 is 5.32 Å². The summed E-state index contributed by atoms with van der Waals surface area (Å²) < 4.78 is 5.53. The SMILES string of the molecule is C[C@@H]1CCCC[C@@H]1NC(=O)CC[C@@H]1CCCO1. The van der Waals surface area contributed by atoms with E-state index in [1.165, 1.54) is 19.3 Å². The lowest BCUT2D eigenvalue weighted by Crippen LogP contribution is -2.41. The summed E-state index contributed by atoms with van der Waals surface area (Å²) in [6.45, 7) is 3.14. The lowest BCUT2D eigenvalue weighted by atomic mass is 9.86. The maximum atomic E-state index is 11.8. The number of nitrogens with one attached hydrogen (secondary N) is 1. The number of ether oxygens (including phenoxy) is 1. The number of hydrogen-bond acceptors (Lipinski definition) is 2. The van der Waals surface area contributed by atoms with Gasteiger partial charge in [0.1, 0.15) is 0 Å². The first-order valence-electron chi connectivity index (χ1n) is 7.16. The third-order valence-corrected chi connectivity index (χ3v) is 4.18. The summed E-state index contributed by atoms with van der Waals surface area (Å²) in [6.07, 6.45) is 9.16. The fourth-order valence-electron chi connectivity index (χ4n) is 2.97. The lowest BCUT2D eigenvalue weighted by Gasteiger charge is -2.29. The molecule has 2 fully saturated rings. The van der Waals surface area contributed by atoms with Crippen LogP contribution in [0.5, 0.6) is 0 Å². The van der Waals surface area contributed by atoms with Crippen molar-refractivity contribution in [2.45, 2.75) is 70.4 Å². The maximum Gasteiger partial charge on any atom is 0.220 e. The van der Waals surface area contributed by atoms with Crippen LogP contribution in [0.3, 0.4) is 0 Å². The first-order chi connectivity index (χ1) is 8.25. The van der Waals surface area contributed by atoms with E-state index in [0.29, 0.717) is 24.5 Å². The molecular formula is C14H25NO2. The van der Waals surface area contributed by atoms with Gasteiger partial charge in [0, 0.05) is 19.1 Å². The van der Waals surface area contributed by atoms with Crippen molar-refractivity contribution in [3.05, 3.63) is 0 Å². The standard InChI is InChI=1S/C14H25NO2/c1-11-5-2-3-7-13(11)15-14(16)9-8-12-6-4-10-17-12/h11-13H,2-10H2,1H3,(H,15,16)/t11-,12+,13+/m1/s1. The molecule has 0 aromatic carbocycles. The number of amides is 1. The highest BCUT2D eigenvalue weighted by Gasteiger charge is 2.23. The molecule has 1 saturated heterocycles. The summed E-state index contributed by atoms with van der Waals surface area (Å²) >= 11 is 0. The number of hydrogen-bond donors (Lipinski definition) is 1. The van der Waals surface area contributed by atoms with Gasteiger partial charge in [-0.25, -0.2) is 0 Å². The normalized spacial score (nSPS) is 33.6. The zero-order chi connectivity index (χ0) is 12.1. The van der Waals surface area contributed by atoms with Crippen LogP contribution in [0.1, 0.15) is 58.3 Å². The van der Waals surface area contributed by atoms with Gasteiger partial charge in [-0.3, -0.25) is 4.79 Å². The van der Waals surface area contributed by atoms with Gasteiger partial charge in [-0.05, 0) is 38.0 Å². The van der Waals surface area contributed by atoms with Crippen LogP contribution in [0.2, 0.25) is 0 Å². The highest BCUT2D eigenvalue weighted by Crippen LogP contribution is 2.24. The zero-order valence-corrected chi connectivity index (χ0v) is 10.9. The second-order valence-electron chi connectivity index (χ2n) is 5.61. The molecule has 1 heterocycles. The van der Waals surface area contributed by atoms with Crippen molar-refractivity contribution < 1.29 is 9.53 Å². The fraction of sp³-hybridized carbons (Fsp3) is 0.929. The molecule has 0 spiro atoms. The van der Waals surface area contributed by atoms with E-state index in [-0.39, 0.29) is 5.91 Å². The molecule has 3 atom stereocenters. The van der Waals surface area contributed by atoms with Crippen molar-refractivity contribution in [1.29, 1.82) is 0 Å². The largest absolute Gasteiger partial charge is 0.378 e. The summed E-state index contributed by atoms with van der Waals surface area (Å²) in [5, 5.41) is 3.20. The van der Waals surface area contributed by atoms with Gasteiger partial charge in [0.25, 0.3) is 0 Å². The third kappa shape index (κ3) is 3.98. The Morgan fingerprint density at radius 2 is 2.06 bits per heavy atom. The molecule has 3 heteroatoms. The Morgan fingerprint density at radius 3 is 2.76 bits per heavy atom. The van der Waals surface area contributed by atoms with Crippen LogP contribution in [0, 0.1) is 5.92 Å². The molecule has 1 amide bonds. The van der Waals surface area contributed by atoms with Gasteiger partial charge in [0.15, 0.2) is 0 Å². The number of carbonyl (C=O) groups is 1. The van der Waals surface area contributed by atoms with Gasteiger partial charge in [0.05, 0.1) is 6.10 Å². The second kappa shape index (κ2) is 6.39. The van der Waals surface area contributed by atoms with Crippen molar-refractivity contribution in [3.63, 3.8) is 0 Å². The van der Waals surface area contributed by atoms with Crippen molar-refractivity contribution in [2.75, 3.05) is 6.61 Å². The van der Waals surface area contributed by atoms with Crippen LogP contribution in [0.4, 0.5) is 0 Å². The van der Waals surface area contributed by atoms with Gasteiger partial charge >= 0.3 is 0 Å². The molecule has 1 aliphatic carbocycles. The summed E-state index contributed by atoms with van der Waals surface area (Å²) in [6, 6.07) is 0.417. The van der Waals surface area contributed by atoms with Gasteiger partial charge in [0.2, 0.25) is 5.91 Å². The van der Waals surface area contributed by atoms with Crippen LogP contribution in [-0.2, 0) is 9.53 Å². The summed E-state index contributed by atoms with van der Waals surface area (Å²) in [4.78, 5) is 11.8. The van der Waals surface area contributed by atoms with Crippen molar-refractivity contribution in [2.24, 2.45) is 5.92 Å². The molecule has 0 radical (unpaired) electrons. The Bertz CT molecular complexity index is 249. The Kier molecular flexibility index (Phi) is 4.84. The Balaban J connectivity index is 1.65. The minimum absolute atomic E-state index is 0.222. The zero-order valence-electron chi connectivity index (χ0n) is 10.9. The van der Waals surface area contributed by atoms with Gasteiger partial charge in [-0.2, -0.15) is 0 Å². The average molecular weight is 239 g/mol. The topological polar surface area (TPSA) is 38.3 Å². The molecule has 17 heavy (non-hydrogen) atoms. The lowest BCUT2D eigenvalue weighted by molar-refractivity contribution is -0.123. The minimum Gasteiger partial charge on any atom is -0.378 e. The molecule has 2 aliphatic rings. The van der Waals surface area contributed by atoms with Crippen molar-refractivity contribution >= 4 is 5.91 Å². The van der Waals surface area contributed by atoms with Gasteiger partial charge in [-0.1, -0.05) is 19.8 Å². The summed E-state index contributed by atoms with van der Waals surface area (Å²) in [7, 11) is 0. The Hall–Kier alpha value is -0.570. The molecule has 1 N–H and O–H groups in total. The number of rotatable bonds is 4. The second-order valence-corrected chi connectivity index (χ2v) is 5.61. The molecule has 0 aromatic rings. The van der Waals surface area contributed by atoms with E-state index in [9.17, 15) is 4.79 Å². The molecule has 1 aliphatic heterocycles. The monoisotopic (exact) mass is 239 g/mol. The van der Waals surface area contributed by atoms with E-state index < -0.39 is 0 Å². The Labute approximate surface area is 104 Å². The van der Waals surface area contributed by atoms with E-state index in [0.717, 1.165) is 32.3 Å². The fourth-order valence-corrected chi connectivity index (χ4v) is 2.97. The molecule has 98 valence electrons. The number of carbonyl (C=O) groups excluding carboxylic acids is 1. The van der Waals surface area contributed by atoms with E-state index in [1.807, 2.05) is 0 Å². The highest BCUT2D eigenvalue weighted by molar-refractivity contribution is 5.76. The molecule has 0 unspecified atom stereocenters. The quantitative estimate of drug-likeness (QED) is 0.819. The predicted molar refractivity (Wildman–Crippen MR) is 67.8 cm³/mol. The minimum atomic E-state index is 0.222. The molecule has 2 rings (SSSR count). The van der Waals surface area contributed by atoms with Crippen LogP contribution in [0.25, 0.3) is 0 Å². The third-order valence-electron chi connectivity index (χ3n) is 4.18. The molecule has 3 nitrogen and oxygen atoms in total. The van der Waals surface area contributed by atoms with Crippen LogP contribution in [0.15, 0.2) is 0 Å². The smallest absolute Gasteiger partial charge is 0.220 e. The van der Waals surface area contributed by atoms with E-state index in [2.05, 4.69) is 12.2 Å². The Morgan fingerprint density at radius 1 is 1.24 bits per heavy atom. The summed E-state index contributed by atoms with van der Waals surface area (Å²) in [5.41, 5.74) is 0. The first-order valence-corrected chi connectivity index (χ1v) is 7.16. The van der Waals surface area contributed by atoms with E-state index in [4.69, 9.17) is 4.74 Å². The van der Waals surface area contributed by atoms with Crippen LogP contribution in [-0.4, -0.2) is 24.7 Å².